The SMILES string of the molecule is Cc1nn(C)c(C)c1Nc1ccc(C2=NC([C@H](C)C(=O)O)c3nnc(C)n3-c3sc(C)c(C)c32)cc1. The van der Waals surface area contributed by atoms with E-state index in [1.807, 2.05) is 61.3 Å². The van der Waals surface area contributed by atoms with Crippen molar-refractivity contribution in [2.45, 2.75) is 47.6 Å². The van der Waals surface area contributed by atoms with E-state index < -0.39 is 17.9 Å². The van der Waals surface area contributed by atoms with Crippen molar-refractivity contribution < 1.29 is 9.90 Å². The van der Waals surface area contributed by atoms with Crippen LogP contribution >= 0.6 is 11.3 Å². The van der Waals surface area contributed by atoms with Gasteiger partial charge in [0.25, 0.3) is 0 Å². The number of nitrogens with zero attached hydrogens (tertiary/aromatic N) is 6. The zero-order valence-corrected chi connectivity index (χ0v) is 22.2. The summed E-state index contributed by atoms with van der Waals surface area (Å²) in [5.41, 5.74) is 7.74. The number of thiophene rings is 1. The number of nitrogens with one attached hydrogen (secondary N) is 1. The standard InChI is InChI=1S/C26H29N7O2S/c1-12-16(5)36-25-20(12)23(28-21(13(2)26(34)35)24-30-29-17(6)33(24)25)18-8-10-19(11-9-18)27-22-14(3)31-32(7)15(22)4/h8-11,13,21,27H,1-7H3,(H,34,35)/t13-,21?/m0/s1. The van der Waals surface area contributed by atoms with Crippen LogP contribution in [-0.2, 0) is 11.8 Å². The number of aryl methyl sites for hydroxylation is 4. The number of carboxylic acids is 1. The van der Waals surface area contributed by atoms with Gasteiger partial charge in [-0.3, -0.25) is 19.0 Å². The molecule has 0 amide bonds. The van der Waals surface area contributed by atoms with E-state index in [1.165, 1.54) is 4.88 Å². The van der Waals surface area contributed by atoms with E-state index in [1.54, 1.807) is 18.3 Å². The van der Waals surface area contributed by atoms with Crippen LogP contribution in [0.15, 0.2) is 29.3 Å². The average Bonchev–Trinajstić information content (AvgIpc) is 3.40. The molecule has 1 aliphatic rings. The molecule has 2 atom stereocenters. The lowest BCUT2D eigenvalue weighted by Crippen LogP contribution is -2.21. The minimum atomic E-state index is -0.921. The van der Waals surface area contributed by atoms with Gasteiger partial charge in [0.05, 0.1) is 28.7 Å². The van der Waals surface area contributed by atoms with Crippen LogP contribution in [0.1, 0.15) is 57.6 Å². The Morgan fingerprint density at radius 1 is 1.11 bits per heavy atom. The fourth-order valence-electron chi connectivity index (χ4n) is 4.63. The molecule has 36 heavy (non-hydrogen) atoms. The first-order valence-electron chi connectivity index (χ1n) is 11.8. The Morgan fingerprint density at radius 3 is 2.42 bits per heavy atom. The number of aliphatic imine (C=N–C) groups is 1. The van der Waals surface area contributed by atoms with Crippen molar-refractivity contribution >= 4 is 34.4 Å². The van der Waals surface area contributed by atoms with E-state index in [2.05, 4.69) is 34.5 Å². The number of carbonyl (C=O) groups is 1. The van der Waals surface area contributed by atoms with Gasteiger partial charge in [0, 0.05) is 28.7 Å². The molecule has 0 spiro atoms. The van der Waals surface area contributed by atoms with Gasteiger partial charge in [-0.1, -0.05) is 12.1 Å². The van der Waals surface area contributed by atoms with Crippen LogP contribution in [0.2, 0.25) is 0 Å². The van der Waals surface area contributed by atoms with Gasteiger partial charge in [0.15, 0.2) is 5.82 Å². The van der Waals surface area contributed by atoms with Crippen molar-refractivity contribution in [3.05, 3.63) is 68.9 Å². The number of anilines is 2. The summed E-state index contributed by atoms with van der Waals surface area (Å²) in [5.74, 6) is -0.417. The molecule has 1 unspecified atom stereocenters. The highest BCUT2D eigenvalue weighted by molar-refractivity contribution is 7.15. The lowest BCUT2D eigenvalue weighted by molar-refractivity contribution is -0.141. The van der Waals surface area contributed by atoms with Crippen molar-refractivity contribution in [3.63, 3.8) is 0 Å². The van der Waals surface area contributed by atoms with E-state index >= 15 is 0 Å². The predicted octanol–water partition coefficient (Wildman–Crippen LogP) is 4.96. The molecular formula is C26H29N7O2S. The molecule has 0 bridgehead atoms. The minimum Gasteiger partial charge on any atom is -0.481 e. The van der Waals surface area contributed by atoms with E-state index in [4.69, 9.17) is 4.99 Å². The highest BCUT2D eigenvalue weighted by Crippen LogP contribution is 2.40. The first kappa shape index (κ1) is 23.9. The Hall–Kier alpha value is -3.79. The lowest BCUT2D eigenvalue weighted by atomic mass is 9.98. The summed E-state index contributed by atoms with van der Waals surface area (Å²) >= 11 is 1.66. The fraction of sp³-hybridized carbons (Fsp3) is 0.346. The number of fused-ring (bicyclic) bond motifs is 3. The lowest BCUT2D eigenvalue weighted by Gasteiger charge is -2.16. The molecule has 0 aliphatic carbocycles. The molecule has 4 heterocycles. The summed E-state index contributed by atoms with van der Waals surface area (Å²) in [7, 11) is 1.93. The fourth-order valence-corrected chi connectivity index (χ4v) is 5.84. The predicted molar refractivity (Wildman–Crippen MR) is 141 cm³/mol. The Balaban J connectivity index is 1.64. The average molecular weight is 504 g/mol. The summed E-state index contributed by atoms with van der Waals surface area (Å²) in [6, 6.07) is 7.42. The van der Waals surface area contributed by atoms with Crippen LogP contribution in [0.25, 0.3) is 5.00 Å². The molecule has 0 saturated heterocycles. The van der Waals surface area contributed by atoms with Crippen LogP contribution in [0.4, 0.5) is 11.4 Å². The molecule has 4 aromatic rings. The van der Waals surface area contributed by atoms with Gasteiger partial charge in [0.1, 0.15) is 16.9 Å². The van der Waals surface area contributed by atoms with Gasteiger partial charge in [-0.05, 0) is 59.2 Å². The van der Waals surface area contributed by atoms with Crippen molar-refractivity contribution in [2.24, 2.45) is 18.0 Å². The van der Waals surface area contributed by atoms with Crippen molar-refractivity contribution in [2.75, 3.05) is 5.32 Å². The zero-order valence-electron chi connectivity index (χ0n) is 21.4. The second kappa shape index (κ2) is 8.70. The van der Waals surface area contributed by atoms with Crippen molar-refractivity contribution in [1.29, 1.82) is 0 Å². The number of rotatable bonds is 5. The van der Waals surface area contributed by atoms with Crippen molar-refractivity contribution in [3.8, 4) is 5.00 Å². The van der Waals surface area contributed by atoms with Gasteiger partial charge < -0.3 is 10.4 Å². The highest BCUT2D eigenvalue weighted by Gasteiger charge is 2.36. The summed E-state index contributed by atoms with van der Waals surface area (Å²) in [6.45, 7) is 11.8. The summed E-state index contributed by atoms with van der Waals surface area (Å²) in [6.07, 6.45) is 0. The third-order valence-electron chi connectivity index (χ3n) is 6.99. The molecular weight excluding hydrogens is 474 g/mol. The Morgan fingerprint density at radius 2 is 1.81 bits per heavy atom. The van der Waals surface area contributed by atoms with Gasteiger partial charge >= 0.3 is 5.97 Å². The number of hydrogen-bond acceptors (Lipinski definition) is 7. The third kappa shape index (κ3) is 3.72. The van der Waals surface area contributed by atoms with E-state index in [-0.39, 0.29) is 0 Å². The summed E-state index contributed by atoms with van der Waals surface area (Å²) in [5, 5.41) is 27.5. The van der Waals surface area contributed by atoms with Gasteiger partial charge in [-0.15, -0.1) is 21.5 Å². The molecule has 5 rings (SSSR count). The number of hydrogen-bond donors (Lipinski definition) is 2. The van der Waals surface area contributed by atoms with Crippen molar-refractivity contribution in [1.82, 2.24) is 24.5 Å². The quantitative estimate of drug-likeness (QED) is 0.398. The molecule has 9 nitrogen and oxygen atoms in total. The molecule has 10 heteroatoms. The molecule has 1 aromatic carbocycles. The van der Waals surface area contributed by atoms with Crippen LogP contribution < -0.4 is 5.32 Å². The number of aliphatic carboxylic acids is 1. The summed E-state index contributed by atoms with van der Waals surface area (Å²) < 4.78 is 3.84. The smallest absolute Gasteiger partial charge is 0.308 e. The molecule has 0 saturated carbocycles. The van der Waals surface area contributed by atoms with Crippen LogP contribution in [0, 0.1) is 40.5 Å². The number of aromatic nitrogens is 5. The minimum absolute atomic E-state index is 0.556. The largest absolute Gasteiger partial charge is 0.481 e. The maximum atomic E-state index is 12.0. The van der Waals surface area contributed by atoms with Crippen LogP contribution in [-0.4, -0.2) is 41.3 Å². The number of benzene rings is 1. The molecule has 1 aliphatic heterocycles. The third-order valence-corrected chi connectivity index (χ3v) is 8.18. The van der Waals surface area contributed by atoms with Gasteiger partial charge in [0.2, 0.25) is 0 Å². The number of carboxylic acid groups (broad SMARTS) is 1. The van der Waals surface area contributed by atoms with E-state index in [0.29, 0.717) is 11.6 Å². The summed E-state index contributed by atoms with van der Waals surface area (Å²) in [4.78, 5) is 18.3. The topological polar surface area (TPSA) is 110 Å². The van der Waals surface area contributed by atoms with Gasteiger partial charge in [-0.2, -0.15) is 5.10 Å². The first-order valence-corrected chi connectivity index (χ1v) is 12.6. The molecule has 3 aromatic heterocycles. The maximum Gasteiger partial charge on any atom is 0.308 e. The second-order valence-corrected chi connectivity index (χ2v) is 10.5. The molecule has 0 radical (unpaired) electrons. The van der Waals surface area contributed by atoms with E-state index in [9.17, 15) is 9.90 Å². The van der Waals surface area contributed by atoms with Crippen LogP contribution in [0.3, 0.4) is 0 Å². The Labute approximate surface area is 213 Å². The van der Waals surface area contributed by atoms with Crippen LogP contribution in [0.5, 0.6) is 0 Å². The maximum absolute atomic E-state index is 12.0. The van der Waals surface area contributed by atoms with E-state index in [0.717, 1.165) is 50.2 Å². The molecule has 186 valence electrons. The second-order valence-electron chi connectivity index (χ2n) is 9.33. The monoisotopic (exact) mass is 503 g/mol. The Bertz CT molecular complexity index is 1520. The first-order chi connectivity index (χ1) is 17.1. The van der Waals surface area contributed by atoms with Gasteiger partial charge in [-0.25, -0.2) is 0 Å². The molecule has 0 fully saturated rings. The Kier molecular flexibility index (Phi) is 5.78. The highest BCUT2D eigenvalue weighted by atomic mass is 32.1. The normalized spacial score (nSPS) is 15.6. The zero-order chi connectivity index (χ0) is 25.9. The molecule has 2 N–H and O–H groups in total.